The van der Waals surface area contributed by atoms with E-state index < -0.39 is 0 Å². The number of anilines is 1. The molecule has 94 valence electrons. The molecule has 1 aliphatic carbocycles. The average Bonchev–Trinajstić information content (AvgIpc) is 2.19. The molecule has 1 heterocycles. The topological polar surface area (TPSA) is 57.8 Å². The van der Waals surface area contributed by atoms with Crippen LogP contribution < -0.4 is 10.9 Å². The zero-order valence-corrected chi connectivity index (χ0v) is 10.8. The van der Waals surface area contributed by atoms with Gasteiger partial charge in [-0.25, -0.2) is 4.98 Å². The van der Waals surface area contributed by atoms with E-state index >= 15 is 0 Å². The summed E-state index contributed by atoms with van der Waals surface area (Å²) in [5.41, 5.74) is 0.185. The molecule has 0 aromatic carbocycles. The van der Waals surface area contributed by atoms with Crippen molar-refractivity contribution in [3.05, 3.63) is 22.2 Å². The van der Waals surface area contributed by atoms with E-state index in [0.29, 0.717) is 17.7 Å². The fraction of sp³-hybridized carbons (Fsp3) is 0.692. The van der Waals surface area contributed by atoms with Gasteiger partial charge in [0.15, 0.2) is 0 Å². The number of nitrogens with one attached hydrogen (secondary N) is 2. The van der Waals surface area contributed by atoms with Crippen LogP contribution in [0.15, 0.2) is 10.9 Å². The van der Waals surface area contributed by atoms with Crippen molar-refractivity contribution in [2.75, 3.05) is 5.32 Å². The second-order valence-electron chi connectivity index (χ2n) is 5.65. The highest BCUT2D eigenvalue weighted by molar-refractivity contribution is 5.35. The summed E-state index contributed by atoms with van der Waals surface area (Å²) in [5, 5.41) is 3.42. The highest BCUT2D eigenvalue weighted by Crippen LogP contribution is 2.36. The summed E-state index contributed by atoms with van der Waals surface area (Å²) in [7, 11) is 0. The average molecular weight is 235 g/mol. The van der Waals surface area contributed by atoms with Gasteiger partial charge in [-0.05, 0) is 25.2 Å². The van der Waals surface area contributed by atoms with Gasteiger partial charge in [-0.3, -0.25) is 4.79 Å². The maximum Gasteiger partial charge on any atom is 0.252 e. The molecule has 1 saturated carbocycles. The van der Waals surface area contributed by atoms with Crippen LogP contribution in [0, 0.1) is 12.3 Å². The first-order valence-electron chi connectivity index (χ1n) is 6.32. The van der Waals surface area contributed by atoms with E-state index in [1.165, 1.54) is 25.3 Å². The van der Waals surface area contributed by atoms with Crippen LogP contribution in [-0.2, 0) is 0 Å². The van der Waals surface area contributed by atoms with Crippen molar-refractivity contribution in [3.63, 3.8) is 0 Å². The molecule has 0 radical (unpaired) electrons. The first-order valence-corrected chi connectivity index (χ1v) is 6.32. The van der Waals surface area contributed by atoms with Gasteiger partial charge in [-0.15, -0.1) is 0 Å². The first-order chi connectivity index (χ1) is 7.97. The van der Waals surface area contributed by atoms with Crippen molar-refractivity contribution in [3.8, 4) is 0 Å². The summed E-state index contributed by atoms with van der Waals surface area (Å²) in [5.74, 6) is 1.36. The Labute approximate surface area is 102 Å². The Morgan fingerprint density at radius 2 is 2.24 bits per heavy atom. The molecule has 1 aromatic heterocycles. The minimum absolute atomic E-state index is 0.0892. The predicted octanol–water partition coefficient (Wildman–Crippen LogP) is 2.46. The van der Waals surface area contributed by atoms with Crippen LogP contribution in [0.3, 0.4) is 0 Å². The molecule has 4 heteroatoms. The van der Waals surface area contributed by atoms with Crippen molar-refractivity contribution in [1.29, 1.82) is 0 Å². The third-order valence-electron chi connectivity index (χ3n) is 3.69. The van der Waals surface area contributed by atoms with Gasteiger partial charge < -0.3 is 10.3 Å². The van der Waals surface area contributed by atoms with E-state index in [9.17, 15) is 4.79 Å². The molecule has 1 unspecified atom stereocenters. The van der Waals surface area contributed by atoms with Crippen LogP contribution in [0.25, 0.3) is 0 Å². The number of aryl methyl sites for hydroxylation is 1. The number of aromatic amines is 1. The number of aromatic nitrogens is 2. The second-order valence-corrected chi connectivity index (χ2v) is 5.65. The third-order valence-corrected chi connectivity index (χ3v) is 3.69. The molecule has 0 spiro atoms. The van der Waals surface area contributed by atoms with Gasteiger partial charge in [0.25, 0.3) is 5.56 Å². The van der Waals surface area contributed by atoms with Crippen molar-refractivity contribution in [1.82, 2.24) is 9.97 Å². The van der Waals surface area contributed by atoms with Crippen molar-refractivity contribution in [2.45, 2.75) is 52.5 Å². The van der Waals surface area contributed by atoms with Crippen LogP contribution in [0.2, 0.25) is 0 Å². The van der Waals surface area contributed by atoms with E-state index in [4.69, 9.17) is 0 Å². The maximum atomic E-state index is 11.4. The molecule has 1 atom stereocenters. The Kier molecular flexibility index (Phi) is 3.22. The zero-order chi connectivity index (χ0) is 12.5. The Hall–Kier alpha value is -1.32. The summed E-state index contributed by atoms with van der Waals surface area (Å²) in [6.07, 6.45) is 4.93. The van der Waals surface area contributed by atoms with Crippen LogP contribution in [0.4, 0.5) is 5.82 Å². The highest BCUT2D eigenvalue weighted by Gasteiger charge is 2.32. The van der Waals surface area contributed by atoms with Gasteiger partial charge in [0.05, 0.1) is 0 Å². The van der Waals surface area contributed by atoms with Crippen LogP contribution in [-0.4, -0.2) is 16.0 Å². The lowest BCUT2D eigenvalue weighted by Crippen LogP contribution is -2.39. The van der Waals surface area contributed by atoms with Gasteiger partial charge in [0, 0.05) is 12.1 Å². The van der Waals surface area contributed by atoms with Gasteiger partial charge in [-0.1, -0.05) is 26.7 Å². The molecule has 1 fully saturated rings. The van der Waals surface area contributed by atoms with E-state index in [-0.39, 0.29) is 11.0 Å². The summed E-state index contributed by atoms with van der Waals surface area (Å²) in [6.45, 7) is 6.37. The lowest BCUT2D eigenvalue weighted by atomic mass is 9.73. The third kappa shape index (κ3) is 2.87. The minimum Gasteiger partial charge on any atom is -0.367 e. The normalized spacial score (nSPS) is 23.4. The Morgan fingerprint density at radius 3 is 2.88 bits per heavy atom. The number of nitrogens with zero attached hydrogens (tertiary/aromatic N) is 1. The van der Waals surface area contributed by atoms with Crippen molar-refractivity contribution < 1.29 is 0 Å². The summed E-state index contributed by atoms with van der Waals surface area (Å²) < 4.78 is 0. The molecule has 1 aromatic rings. The predicted molar refractivity (Wildman–Crippen MR) is 69.3 cm³/mol. The smallest absolute Gasteiger partial charge is 0.252 e. The summed E-state index contributed by atoms with van der Waals surface area (Å²) in [6, 6.07) is 1.95. The van der Waals surface area contributed by atoms with Crippen LogP contribution in [0.1, 0.15) is 45.4 Å². The molecule has 1 aliphatic rings. The molecular formula is C13H21N3O. The number of rotatable bonds is 2. The summed E-state index contributed by atoms with van der Waals surface area (Å²) in [4.78, 5) is 18.4. The van der Waals surface area contributed by atoms with Gasteiger partial charge in [0.1, 0.15) is 11.6 Å². The zero-order valence-electron chi connectivity index (χ0n) is 10.8. The second kappa shape index (κ2) is 4.51. The molecule has 0 aliphatic heterocycles. The molecule has 4 nitrogen and oxygen atoms in total. The summed E-state index contributed by atoms with van der Waals surface area (Å²) >= 11 is 0. The quantitative estimate of drug-likeness (QED) is 0.828. The van der Waals surface area contributed by atoms with E-state index in [1.807, 2.05) is 0 Å². The maximum absolute atomic E-state index is 11.4. The number of hydrogen-bond donors (Lipinski definition) is 2. The number of H-pyrrole nitrogens is 1. The van der Waals surface area contributed by atoms with E-state index in [2.05, 4.69) is 29.1 Å². The van der Waals surface area contributed by atoms with E-state index in [1.54, 1.807) is 6.92 Å². The molecule has 17 heavy (non-hydrogen) atoms. The van der Waals surface area contributed by atoms with Crippen LogP contribution >= 0.6 is 0 Å². The monoisotopic (exact) mass is 235 g/mol. The van der Waals surface area contributed by atoms with Gasteiger partial charge in [-0.2, -0.15) is 0 Å². The fourth-order valence-electron chi connectivity index (χ4n) is 2.59. The number of hydrogen-bond acceptors (Lipinski definition) is 3. The SMILES string of the molecule is Cc1nc(NC2CCCCC2(C)C)cc(=O)[nH]1. The minimum atomic E-state index is -0.0892. The Bertz CT molecular complexity index is 450. The molecular weight excluding hydrogens is 214 g/mol. The standard InChI is InChI=1S/C13H21N3O/c1-9-14-11(8-12(17)15-9)16-10-6-4-5-7-13(10,2)3/h8,10H,4-7H2,1-3H3,(H2,14,15,16,17). The highest BCUT2D eigenvalue weighted by atomic mass is 16.1. The van der Waals surface area contributed by atoms with Crippen molar-refractivity contribution in [2.24, 2.45) is 5.41 Å². The molecule has 2 rings (SSSR count). The lowest BCUT2D eigenvalue weighted by molar-refractivity contribution is 0.216. The lowest BCUT2D eigenvalue weighted by Gasteiger charge is -2.39. The van der Waals surface area contributed by atoms with E-state index in [0.717, 1.165) is 6.42 Å². The molecule has 0 saturated heterocycles. The molecule has 0 amide bonds. The Balaban J connectivity index is 2.16. The fourth-order valence-corrected chi connectivity index (χ4v) is 2.59. The Morgan fingerprint density at radius 1 is 1.47 bits per heavy atom. The first kappa shape index (κ1) is 12.1. The van der Waals surface area contributed by atoms with Gasteiger partial charge >= 0.3 is 0 Å². The largest absolute Gasteiger partial charge is 0.367 e. The van der Waals surface area contributed by atoms with Crippen LogP contribution in [0.5, 0.6) is 0 Å². The molecule has 2 N–H and O–H groups in total. The van der Waals surface area contributed by atoms with Gasteiger partial charge in [0.2, 0.25) is 0 Å². The van der Waals surface area contributed by atoms with Crippen molar-refractivity contribution >= 4 is 5.82 Å². The molecule has 0 bridgehead atoms.